The van der Waals surface area contributed by atoms with Gasteiger partial charge in [-0.05, 0) is 24.3 Å². The first-order valence-corrected chi connectivity index (χ1v) is 7.17. The van der Waals surface area contributed by atoms with Crippen LogP contribution in [0.1, 0.15) is 19.5 Å². The first kappa shape index (κ1) is 15.3. The lowest BCUT2D eigenvalue weighted by Gasteiger charge is -2.20. The van der Waals surface area contributed by atoms with Crippen LogP contribution in [0.15, 0.2) is 42.5 Å². The van der Waals surface area contributed by atoms with Crippen LogP contribution in [-0.4, -0.2) is 25.2 Å². The predicted molar refractivity (Wildman–Crippen MR) is 87.3 cm³/mol. The molecular formula is C17H23N3O. The Hall–Kier alpha value is -2.07. The van der Waals surface area contributed by atoms with Gasteiger partial charge in [-0.15, -0.1) is 0 Å². The van der Waals surface area contributed by atoms with E-state index in [1.165, 1.54) is 0 Å². The normalized spacial score (nSPS) is 10.7. The molecule has 0 aliphatic rings. The second-order valence-corrected chi connectivity index (χ2v) is 5.28. The molecule has 0 aliphatic heterocycles. The fourth-order valence-electron chi connectivity index (χ4n) is 2.01. The van der Waals surface area contributed by atoms with Crippen molar-refractivity contribution in [1.29, 1.82) is 0 Å². The van der Waals surface area contributed by atoms with Crippen molar-refractivity contribution in [2.24, 2.45) is 0 Å². The highest BCUT2D eigenvalue weighted by atomic mass is 16.5. The van der Waals surface area contributed by atoms with Crippen molar-refractivity contribution in [3.8, 4) is 5.75 Å². The molecule has 0 bridgehead atoms. The molecule has 0 saturated heterocycles. The molecule has 21 heavy (non-hydrogen) atoms. The molecule has 0 atom stereocenters. The number of hydrogen-bond acceptors (Lipinski definition) is 4. The Labute approximate surface area is 126 Å². The first-order valence-electron chi connectivity index (χ1n) is 7.17. The third-order valence-corrected chi connectivity index (χ3v) is 3.27. The summed E-state index contributed by atoms with van der Waals surface area (Å²) in [7, 11) is 3.69. The second kappa shape index (κ2) is 7.09. The van der Waals surface area contributed by atoms with Crippen molar-refractivity contribution in [3.05, 3.63) is 48.2 Å². The van der Waals surface area contributed by atoms with Gasteiger partial charge in [0.1, 0.15) is 11.6 Å². The van der Waals surface area contributed by atoms with Crippen LogP contribution < -0.4 is 15.0 Å². The SMILES string of the molecule is COc1cccc(N(C)c2cccc(CNC(C)C)n2)c1. The number of hydrogen-bond donors (Lipinski definition) is 1. The molecule has 0 spiro atoms. The maximum absolute atomic E-state index is 5.27. The lowest BCUT2D eigenvalue weighted by Crippen LogP contribution is -2.22. The van der Waals surface area contributed by atoms with Crippen LogP contribution >= 0.6 is 0 Å². The van der Waals surface area contributed by atoms with E-state index < -0.39 is 0 Å². The summed E-state index contributed by atoms with van der Waals surface area (Å²) >= 11 is 0. The summed E-state index contributed by atoms with van der Waals surface area (Å²) in [6.45, 7) is 5.04. The van der Waals surface area contributed by atoms with Gasteiger partial charge >= 0.3 is 0 Å². The van der Waals surface area contributed by atoms with Gasteiger partial charge in [-0.2, -0.15) is 0 Å². The topological polar surface area (TPSA) is 37.4 Å². The number of aromatic nitrogens is 1. The van der Waals surface area contributed by atoms with Gasteiger partial charge in [0.2, 0.25) is 0 Å². The Morgan fingerprint density at radius 2 is 1.95 bits per heavy atom. The lowest BCUT2D eigenvalue weighted by atomic mass is 10.2. The zero-order valence-corrected chi connectivity index (χ0v) is 13.1. The Morgan fingerprint density at radius 3 is 2.67 bits per heavy atom. The number of rotatable bonds is 6. The maximum atomic E-state index is 5.27. The molecule has 2 rings (SSSR count). The highest BCUT2D eigenvalue weighted by Gasteiger charge is 2.07. The molecular weight excluding hydrogens is 262 g/mol. The van der Waals surface area contributed by atoms with Crippen molar-refractivity contribution in [3.63, 3.8) is 0 Å². The number of nitrogens with one attached hydrogen (secondary N) is 1. The molecule has 0 aliphatic carbocycles. The van der Waals surface area contributed by atoms with E-state index in [1.54, 1.807) is 7.11 Å². The minimum Gasteiger partial charge on any atom is -0.497 e. The summed E-state index contributed by atoms with van der Waals surface area (Å²) in [6, 6.07) is 14.5. The molecule has 0 unspecified atom stereocenters. The number of ether oxygens (including phenoxy) is 1. The van der Waals surface area contributed by atoms with E-state index in [4.69, 9.17) is 9.72 Å². The average molecular weight is 285 g/mol. The van der Waals surface area contributed by atoms with Crippen LogP contribution in [0, 0.1) is 0 Å². The van der Waals surface area contributed by atoms with Crippen molar-refractivity contribution in [1.82, 2.24) is 10.3 Å². The molecule has 4 nitrogen and oxygen atoms in total. The molecule has 0 fully saturated rings. The first-order chi connectivity index (χ1) is 10.1. The summed E-state index contributed by atoms with van der Waals surface area (Å²) in [5.41, 5.74) is 2.09. The van der Waals surface area contributed by atoms with Crippen LogP contribution in [0.2, 0.25) is 0 Å². The molecule has 0 radical (unpaired) electrons. The van der Waals surface area contributed by atoms with Crippen LogP contribution in [0.4, 0.5) is 11.5 Å². The molecule has 1 heterocycles. The number of pyridine rings is 1. The smallest absolute Gasteiger partial charge is 0.133 e. The van der Waals surface area contributed by atoms with E-state index in [0.717, 1.165) is 29.5 Å². The molecule has 1 aromatic heterocycles. The highest BCUT2D eigenvalue weighted by molar-refractivity contribution is 5.60. The Balaban J connectivity index is 2.18. The van der Waals surface area contributed by atoms with Crippen LogP contribution in [-0.2, 0) is 6.54 Å². The Morgan fingerprint density at radius 1 is 1.19 bits per heavy atom. The van der Waals surface area contributed by atoms with E-state index in [-0.39, 0.29) is 0 Å². The molecule has 2 aromatic rings. The molecule has 1 N–H and O–H groups in total. The number of nitrogens with zero attached hydrogens (tertiary/aromatic N) is 2. The van der Waals surface area contributed by atoms with Gasteiger partial charge < -0.3 is 15.0 Å². The fourth-order valence-corrected chi connectivity index (χ4v) is 2.01. The fraction of sp³-hybridized carbons (Fsp3) is 0.353. The third-order valence-electron chi connectivity index (χ3n) is 3.27. The molecule has 112 valence electrons. The quantitative estimate of drug-likeness (QED) is 0.883. The zero-order valence-electron chi connectivity index (χ0n) is 13.1. The molecule has 0 amide bonds. The van der Waals surface area contributed by atoms with Gasteiger partial charge in [0.25, 0.3) is 0 Å². The largest absolute Gasteiger partial charge is 0.497 e. The number of benzene rings is 1. The van der Waals surface area contributed by atoms with E-state index in [2.05, 4.69) is 24.1 Å². The van der Waals surface area contributed by atoms with Crippen LogP contribution in [0.25, 0.3) is 0 Å². The third kappa shape index (κ3) is 4.20. The number of methoxy groups -OCH3 is 1. The number of anilines is 2. The van der Waals surface area contributed by atoms with Crippen LogP contribution in [0.3, 0.4) is 0 Å². The summed E-state index contributed by atoms with van der Waals surface area (Å²) in [6.07, 6.45) is 0. The summed E-state index contributed by atoms with van der Waals surface area (Å²) in [5, 5.41) is 3.38. The van der Waals surface area contributed by atoms with Gasteiger partial charge in [0, 0.05) is 31.4 Å². The minimum atomic E-state index is 0.451. The molecule has 0 saturated carbocycles. The maximum Gasteiger partial charge on any atom is 0.133 e. The summed E-state index contributed by atoms with van der Waals surface area (Å²) in [5.74, 6) is 1.77. The Bertz CT molecular complexity index is 584. The van der Waals surface area contributed by atoms with E-state index >= 15 is 0 Å². The van der Waals surface area contributed by atoms with Crippen molar-refractivity contribution in [2.75, 3.05) is 19.1 Å². The minimum absolute atomic E-state index is 0.451. The second-order valence-electron chi connectivity index (χ2n) is 5.28. The summed E-state index contributed by atoms with van der Waals surface area (Å²) in [4.78, 5) is 6.76. The van der Waals surface area contributed by atoms with Gasteiger partial charge in [-0.25, -0.2) is 4.98 Å². The standard InChI is InChI=1S/C17H23N3O/c1-13(2)18-12-14-7-5-10-17(19-14)20(3)15-8-6-9-16(11-15)21-4/h5-11,13,18H,12H2,1-4H3. The van der Waals surface area contributed by atoms with Gasteiger partial charge in [0.05, 0.1) is 12.8 Å². The van der Waals surface area contributed by atoms with Crippen molar-refractivity contribution in [2.45, 2.75) is 26.4 Å². The zero-order chi connectivity index (χ0) is 15.2. The van der Waals surface area contributed by atoms with Gasteiger partial charge in [-0.1, -0.05) is 26.0 Å². The highest BCUT2D eigenvalue weighted by Crippen LogP contribution is 2.25. The monoisotopic (exact) mass is 285 g/mol. The van der Waals surface area contributed by atoms with Crippen molar-refractivity contribution >= 4 is 11.5 Å². The molecule has 4 heteroatoms. The van der Waals surface area contributed by atoms with Crippen LogP contribution in [0.5, 0.6) is 5.75 Å². The van der Waals surface area contributed by atoms with E-state index in [1.807, 2.05) is 49.5 Å². The van der Waals surface area contributed by atoms with Gasteiger partial charge in [-0.3, -0.25) is 0 Å². The Kier molecular flexibility index (Phi) is 5.17. The summed E-state index contributed by atoms with van der Waals surface area (Å²) < 4.78 is 5.27. The molecule has 1 aromatic carbocycles. The van der Waals surface area contributed by atoms with Crippen molar-refractivity contribution < 1.29 is 4.74 Å². The lowest BCUT2D eigenvalue weighted by molar-refractivity contribution is 0.415. The van der Waals surface area contributed by atoms with E-state index in [9.17, 15) is 0 Å². The van der Waals surface area contributed by atoms with Gasteiger partial charge in [0.15, 0.2) is 0 Å². The average Bonchev–Trinajstić information content (AvgIpc) is 2.52. The van der Waals surface area contributed by atoms with E-state index in [0.29, 0.717) is 6.04 Å². The predicted octanol–water partition coefficient (Wildman–Crippen LogP) is 3.36.